The van der Waals surface area contributed by atoms with Crippen LogP contribution in [0.2, 0.25) is 0 Å². The van der Waals surface area contributed by atoms with Gasteiger partial charge < -0.3 is 10.6 Å². The molecule has 1 saturated heterocycles. The highest BCUT2D eigenvalue weighted by atomic mass is 16.2. The normalized spacial score (nSPS) is 15.9. The van der Waals surface area contributed by atoms with Crippen LogP contribution in [0.4, 0.5) is 5.82 Å². The summed E-state index contributed by atoms with van der Waals surface area (Å²) in [5.41, 5.74) is 1.72. The van der Waals surface area contributed by atoms with Gasteiger partial charge in [0.1, 0.15) is 5.82 Å². The average Bonchev–Trinajstić information content (AvgIpc) is 3.08. The molecule has 1 aromatic heterocycles. The van der Waals surface area contributed by atoms with Crippen molar-refractivity contribution >= 4 is 17.6 Å². The molecule has 2 N–H and O–H groups in total. The van der Waals surface area contributed by atoms with Gasteiger partial charge in [-0.15, -0.1) is 0 Å². The standard InChI is InChI=1S/C22H31N5O2/c1-16(28)23-17-10-12-26(13-11-17)15-21(29)24-20-14-19(22(2,3)4)25-27(20)18-8-6-5-7-9-18/h5-9,14,17H,10-13,15H2,1-4H3,(H,23,28)(H,24,29). The Morgan fingerprint density at radius 3 is 2.38 bits per heavy atom. The molecule has 2 amide bonds. The van der Waals surface area contributed by atoms with E-state index in [0.29, 0.717) is 12.4 Å². The van der Waals surface area contributed by atoms with E-state index >= 15 is 0 Å². The van der Waals surface area contributed by atoms with Crippen LogP contribution in [0.1, 0.15) is 46.2 Å². The highest BCUT2D eigenvalue weighted by molar-refractivity contribution is 5.91. The first-order chi connectivity index (χ1) is 13.7. The maximum absolute atomic E-state index is 12.7. The Hall–Kier alpha value is -2.67. The molecule has 7 heteroatoms. The van der Waals surface area contributed by atoms with Gasteiger partial charge in [-0.25, -0.2) is 4.68 Å². The summed E-state index contributed by atoms with van der Waals surface area (Å²) in [4.78, 5) is 26.0. The van der Waals surface area contributed by atoms with E-state index in [0.717, 1.165) is 37.3 Å². The molecule has 156 valence electrons. The second-order valence-electron chi connectivity index (χ2n) is 8.71. The number of piperidine rings is 1. The van der Waals surface area contributed by atoms with Crippen LogP contribution in [-0.4, -0.2) is 52.2 Å². The number of hydrogen-bond acceptors (Lipinski definition) is 4. The number of hydrogen-bond donors (Lipinski definition) is 2. The van der Waals surface area contributed by atoms with E-state index in [1.54, 1.807) is 11.6 Å². The summed E-state index contributed by atoms with van der Waals surface area (Å²) in [6.07, 6.45) is 1.73. The van der Waals surface area contributed by atoms with Crippen LogP contribution < -0.4 is 10.6 Å². The number of carbonyl (C=O) groups is 2. The van der Waals surface area contributed by atoms with Crippen molar-refractivity contribution in [2.75, 3.05) is 25.0 Å². The lowest BCUT2D eigenvalue weighted by atomic mass is 9.92. The van der Waals surface area contributed by atoms with Gasteiger partial charge in [-0.3, -0.25) is 14.5 Å². The number of nitrogens with zero attached hydrogens (tertiary/aromatic N) is 3. The van der Waals surface area contributed by atoms with Crippen molar-refractivity contribution in [2.24, 2.45) is 0 Å². The van der Waals surface area contributed by atoms with Crippen LogP contribution in [0.3, 0.4) is 0 Å². The zero-order valence-corrected chi connectivity index (χ0v) is 17.7. The zero-order valence-electron chi connectivity index (χ0n) is 17.7. The third-order valence-electron chi connectivity index (χ3n) is 5.11. The summed E-state index contributed by atoms with van der Waals surface area (Å²) < 4.78 is 1.79. The molecule has 1 aromatic carbocycles. The molecule has 0 radical (unpaired) electrons. The molecular formula is C22H31N5O2. The molecule has 0 bridgehead atoms. The zero-order chi connectivity index (χ0) is 21.0. The van der Waals surface area contributed by atoms with E-state index in [1.807, 2.05) is 36.4 Å². The lowest BCUT2D eigenvalue weighted by Crippen LogP contribution is -2.46. The molecule has 0 spiro atoms. The molecule has 0 unspecified atom stereocenters. The minimum atomic E-state index is -0.120. The van der Waals surface area contributed by atoms with E-state index in [2.05, 4.69) is 36.3 Å². The summed E-state index contributed by atoms with van der Waals surface area (Å²) in [5.74, 6) is 0.629. The summed E-state index contributed by atoms with van der Waals surface area (Å²) in [7, 11) is 0. The third-order valence-corrected chi connectivity index (χ3v) is 5.11. The molecule has 0 saturated carbocycles. The third kappa shape index (κ3) is 5.67. The van der Waals surface area contributed by atoms with Crippen LogP contribution in [0, 0.1) is 0 Å². The Balaban J connectivity index is 1.67. The number of nitrogens with one attached hydrogen (secondary N) is 2. The minimum absolute atomic E-state index is 0.00465. The van der Waals surface area contributed by atoms with Gasteiger partial charge in [0.15, 0.2) is 0 Å². The van der Waals surface area contributed by atoms with E-state index in [9.17, 15) is 9.59 Å². The van der Waals surface area contributed by atoms with E-state index in [4.69, 9.17) is 5.10 Å². The van der Waals surface area contributed by atoms with Gasteiger partial charge in [-0.1, -0.05) is 39.0 Å². The second kappa shape index (κ2) is 8.78. The van der Waals surface area contributed by atoms with Crippen molar-refractivity contribution in [3.63, 3.8) is 0 Å². The van der Waals surface area contributed by atoms with E-state index in [-0.39, 0.29) is 23.3 Å². The number of likely N-dealkylation sites (tertiary alicyclic amines) is 1. The molecular weight excluding hydrogens is 366 g/mol. The molecule has 7 nitrogen and oxygen atoms in total. The predicted molar refractivity (Wildman–Crippen MR) is 114 cm³/mol. The average molecular weight is 398 g/mol. The summed E-state index contributed by atoms with van der Waals surface area (Å²) in [6, 6.07) is 12.0. The fraction of sp³-hybridized carbons (Fsp3) is 0.500. The molecule has 1 aliphatic heterocycles. The van der Waals surface area contributed by atoms with Gasteiger partial charge in [0.2, 0.25) is 11.8 Å². The second-order valence-corrected chi connectivity index (χ2v) is 8.71. The Bertz CT molecular complexity index is 846. The van der Waals surface area contributed by atoms with Gasteiger partial charge in [-0.05, 0) is 25.0 Å². The van der Waals surface area contributed by atoms with Gasteiger partial charge in [0.25, 0.3) is 0 Å². The highest BCUT2D eigenvalue weighted by Gasteiger charge is 2.24. The monoisotopic (exact) mass is 397 g/mol. The Morgan fingerprint density at radius 2 is 1.79 bits per heavy atom. The number of aromatic nitrogens is 2. The summed E-state index contributed by atoms with van der Waals surface area (Å²) in [5, 5.41) is 10.7. The largest absolute Gasteiger partial charge is 0.354 e. The number of benzene rings is 1. The quantitative estimate of drug-likeness (QED) is 0.813. The van der Waals surface area contributed by atoms with Crippen molar-refractivity contribution < 1.29 is 9.59 Å². The van der Waals surface area contributed by atoms with Crippen LogP contribution in [0.5, 0.6) is 0 Å². The van der Waals surface area contributed by atoms with Crippen LogP contribution in [0.25, 0.3) is 5.69 Å². The van der Waals surface area contributed by atoms with Gasteiger partial charge in [0.05, 0.1) is 17.9 Å². The number of carbonyl (C=O) groups excluding carboxylic acids is 2. The van der Waals surface area contributed by atoms with Crippen molar-refractivity contribution in [3.8, 4) is 5.69 Å². The highest BCUT2D eigenvalue weighted by Crippen LogP contribution is 2.26. The lowest BCUT2D eigenvalue weighted by molar-refractivity contribution is -0.121. The van der Waals surface area contributed by atoms with Gasteiger partial charge >= 0.3 is 0 Å². The first-order valence-corrected chi connectivity index (χ1v) is 10.2. The minimum Gasteiger partial charge on any atom is -0.354 e. The van der Waals surface area contributed by atoms with Crippen molar-refractivity contribution in [1.82, 2.24) is 20.0 Å². The predicted octanol–water partition coefficient (Wildman–Crippen LogP) is 2.71. The van der Waals surface area contributed by atoms with Gasteiger partial charge in [-0.2, -0.15) is 5.10 Å². The van der Waals surface area contributed by atoms with Crippen molar-refractivity contribution in [2.45, 2.75) is 52.0 Å². The molecule has 3 rings (SSSR count). The first-order valence-electron chi connectivity index (χ1n) is 10.2. The number of para-hydroxylation sites is 1. The van der Waals surface area contributed by atoms with E-state index in [1.165, 1.54) is 0 Å². The summed E-state index contributed by atoms with van der Waals surface area (Å²) in [6.45, 7) is 9.78. The maximum atomic E-state index is 12.7. The molecule has 2 aromatic rings. The Kier molecular flexibility index (Phi) is 6.37. The molecule has 1 aliphatic rings. The van der Waals surface area contributed by atoms with Crippen LogP contribution in [-0.2, 0) is 15.0 Å². The molecule has 0 aliphatic carbocycles. The van der Waals surface area contributed by atoms with Crippen molar-refractivity contribution in [3.05, 3.63) is 42.1 Å². The fourth-order valence-corrected chi connectivity index (χ4v) is 3.51. The Labute approximate surface area is 172 Å². The molecule has 29 heavy (non-hydrogen) atoms. The summed E-state index contributed by atoms with van der Waals surface area (Å²) >= 11 is 0. The number of anilines is 1. The lowest BCUT2D eigenvalue weighted by Gasteiger charge is -2.31. The number of amides is 2. The maximum Gasteiger partial charge on any atom is 0.239 e. The smallest absolute Gasteiger partial charge is 0.239 e. The first kappa shape index (κ1) is 21.0. The SMILES string of the molecule is CC(=O)NC1CCN(CC(=O)Nc2cc(C(C)(C)C)nn2-c2ccccc2)CC1. The Morgan fingerprint density at radius 1 is 1.14 bits per heavy atom. The molecule has 0 atom stereocenters. The van der Waals surface area contributed by atoms with Crippen LogP contribution in [0.15, 0.2) is 36.4 Å². The molecule has 1 fully saturated rings. The fourth-order valence-electron chi connectivity index (χ4n) is 3.51. The van der Waals surface area contributed by atoms with Gasteiger partial charge in [0, 0.05) is 37.5 Å². The van der Waals surface area contributed by atoms with Crippen LogP contribution >= 0.6 is 0 Å². The number of rotatable bonds is 5. The molecule has 2 heterocycles. The van der Waals surface area contributed by atoms with E-state index < -0.39 is 0 Å². The topological polar surface area (TPSA) is 79.3 Å². The van der Waals surface area contributed by atoms with Crippen molar-refractivity contribution in [1.29, 1.82) is 0 Å².